The van der Waals surface area contributed by atoms with Crippen LogP contribution in [0.2, 0.25) is 0 Å². The van der Waals surface area contributed by atoms with Crippen molar-refractivity contribution in [3.05, 3.63) is 40.5 Å². The van der Waals surface area contributed by atoms with Gasteiger partial charge < -0.3 is 19.2 Å². The number of rotatable bonds is 4. The minimum atomic E-state index is 0.660. The number of aromatic nitrogens is 3. The highest BCUT2D eigenvalue weighted by atomic mass is 127. The van der Waals surface area contributed by atoms with E-state index in [1.807, 2.05) is 35.0 Å². The van der Waals surface area contributed by atoms with Gasteiger partial charge in [0, 0.05) is 30.3 Å². The summed E-state index contributed by atoms with van der Waals surface area (Å²) in [6.45, 7) is 0. The maximum atomic E-state index is 5.30. The van der Waals surface area contributed by atoms with E-state index in [-0.39, 0.29) is 0 Å². The summed E-state index contributed by atoms with van der Waals surface area (Å²) in [6, 6.07) is 5.61. The van der Waals surface area contributed by atoms with Gasteiger partial charge in [-0.05, 0) is 34.7 Å². The van der Waals surface area contributed by atoms with E-state index in [9.17, 15) is 0 Å². The minimum absolute atomic E-state index is 0.660. The topological polar surface area (TPSA) is 60.7 Å². The third kappa shape index (κ3) is 2.73. The van der Waals surface area contributed by atoms with Crippen molar-refractivity contribution >= 4 is 39.7 Å². The molecule has 0 unspecified atom stereocenters. The van der Waals surface area contributed by atoms with Crippen molar-refractivity contribution in [1.82, 2.24) is 14.4 Å². The van der Waals surface area contributed by atoms with Crippen LogP contribution in [0.4, 0.5) is 11.5 Å². The molecule has 3 aromatic rings. The predicted molar refractivity (Wildman–Crippen MR) is 88.5 cm³/mol. The number of nitrogens with zero attached hydrogens (tertiary/aromatic N) is 3. The highest BCUT2D eigenvalue weighted by Crippen LogP contribution is 2.31. The Balaban J connectivity index is 2.00. The fourth-order valence-corrected chi connectivity index (χ4v) is 2.58. The number of hydrogen-bond donors (Lipinski definition) is 1. The van der Waals surface area contributed by atoms with Gasteiger partial charge in [0.15, 0.2) is 23.0 Å². The van der Waals surface area contributed by atoms with E-state index in [0.29, 0.717) is 17.3 Å². The first-order valence-electron chi connectivity index (χ1n) is 6.19. The number of fused-ring (bicyclic) bond motifs is 1. The summed E-state index contributed by atoms with van der Waals surface area (Å²) in [5.74, 6) is 2.04. The zero-order valence-electron chi connectivity index (χ0n) is 11.5. The molecule has 0 amide bonds. The molecule has 2 aromatic heterocycles. The van der Waals surface area contributed by atoms with Gasteiger partial charge in [-0.3, -0.25) is 0 Å². The maximum absolute atomic E-state index is 5.30. The summed E-state index contributed by atoms with van der Waals surface area (Å²) >= 11 is 2.17. The van der Waals surface area contributed by atoms with Gasteiger partial charge in [0.1, 0.15) is 3.70 Å². The molecule has 1 N–H and O–H groups in total. The van der Waals surface area contributed by atoms with Crippen LogP contribution in [-0.4, -0.2) is 28.6 Å². The van der Waals surface area contributed by atoms with E-state index in [2.05, 4.69) is 37.9 Å². The molecule has 0 atom stereocenters. The van der Waals surface area contributed by atoms with E-state index in [1.165, 1.54) is 0 Å². The van der Waals surface area contributed by atoms with Crippen LogP contribution in [0.25, 0.3) is 5.65 Å². The molecule has 21 heavy (non-hydrogen) atoms. The normalized spacial score (nSPS) is 10.6. The molecule has 1 aromatic carbocycles. The molecule has 0 spiro atoms. The van der Waals surface area contributed by atoms with E-state index in [0.717, 1.165) is 15.0 Å². The molecule has 0 bridgehead atoms. The quantitative estimate of drug-likeness (QED) is 0.687. The molecule has 108 valence electrons. The van der Waals surface area contributed by atoms with Crippen molar-refractivity contribution in [2.24, 2.45) is 0 Å². The maximum Gasteiger partial charge on any atom is 0.180 e. The van der Waals surface area contributed by atoms with Crippen molar-refractivity contribution in [3.63, 3.8) is 0 Å². The molecule has 0 saturated carbocycles. The minimum Gasteiger partial charge on any atom is -0.493 e. The van der Waals surface area contributed by atoms with Crippen LogP contribution in [0.15, 0.2) is 36.8 Å². The van der Waals surface area contributed by atoms with Crippen molar-refractivity contribution in [2.45, 2.75) is 0 Å². The number of anilines is 2. The van der Waals surface area contributed by atoms with Gasteiger partial charge in [-0.25, -0.2) is 9.97 Å². The van der Waals surface area contributed by atoms with Crippen LogP contribution in [0.3, 0.4) is 0 Å². The lowest BCUT2D eigenvalue weighted by atomic mass is 10.2. The standard InChI is InChI=1S/C14H13IN4O2/c1-20-10-4-3-9(7-11(10)21-2)17-13-14-16-5-6-19(14)8-12(15)18-13/h3-8H,1-2H3,(H,17,18). The zero-order valence-corrected chi connectivity index (χ0v) is 13.7. The molecular weight excluding hydrogens is 383 g/mol. The number of ether oxygens (including phenoxy) is 2. The summed E-state index contributed by atoms with van der Waals surface area (Å²) in [4.78, 5) is 8.80. The molecule has 0 aliphatic heterocycles. The van der Waals surface area contributed by atoms with Crippen molar-refractivity contribution in [1.29, 1.82) is 0 Å². The molecular formula is C14H13IN4O2. The highest BCUT2D eigenvalue weighted by molar-refractivity contribution is 14.1. The number of hydrogen-bond acceptors (Lipinski definition) is 5. The molecule has 6 nitrogen and oxygen atoms in total. The Morgan fingerprint density at radius 3 is 2.76 bits per heavy atom. The first kappa shape index (κ1) is 13.9. The number of benzene rings is 1. The number of methoxy groups -OCH3 is 2. The van der Waals surface area contributed by atoms with Crippen LogP contribution in [0, 0.1) is 3.70 Å². The molecule has 0 saturated heterocycles. The van der Waals surface area contributed by atoms with Crippen LogP contribution in [0.1, 0.15) is 0 Å². The van der Waals surface area contributed by atoms with Gasteiger partial charge in [-0.2, -0.15) is 0 Å². The lowest BCUT2D eigenvalue weighted by Gasteiger charge is -2.11. The average molecular weight is 396 g/mol. The first-order valence-corrected chi connectivity index (χ1v) is 7.27. The third-order valence-corrected chi connectivity index (χ3v) is 3.51. The zero-order chi connectivity index (χ0) is 14.8. The van der Waals surface area contributed by atoms with Gasteiger partial charge in [0.05, 0.1) is 14.2 Å². The molecule has 7 heteroatoms. The Labute approximate surface area is 135 Å². The van der Waals surface area contributed by atoms with E-state index >= 15 is 0 Å². The SMILES string of the molecule is COc1ccc(Nc2nc(I)cn3ccnc23)cc1OC. The molecule has 3 rings (SSSR count). The second kappa shape index (κ2) is 5.76. The van der Waals surface area contributed by atoms with Gasteiger partial charge >= 0.3 is 0 Å². The Morgan fingerprint density at radius 2 is 2.00 bits per heavy atom. The summed E-state index contributed by atoms with van der Waals surface area (Å²) in [5.41, 5.74) is 1.62. The second-order valence-corrected chi connectivity index (χ2v) is 5.37. The van der Waals surface area contributed by atoms with Crippen molar-refractivity contribution < 1.29 is 9.47 Å². The second-order valence-electron chi connectivity index (χ2n) is 4.27. The Bertz CT molecular complexity index is 788. The van der Waals surface area contributed by atoms with Gasteiger partial charge in [-0.1, -0.05) is 0 Å². The average Bonchev–Trinajstić information content (AvgIpc) is 2.95. The smallest absolute Gasteiger partial charge is 0.180 e. The number of nitrogens with one attached hydrogen (secondary N) is 1. The molecule has 0 radical (unpaired) electrons. The lowest BCUT2D eigenvalue weighted by molar-refractivity contribution is 0.355. The summed E-state index contributed by atoms with van der Waals surface area (Å²) in [5, 5.41) is 3.27. The van der Waals surface area contributed by atoms with Crippen LogP contribution >= 0.6 is 22.6 Å². The Morgan fingerprint density at radius 1 is 1.19 bits per heavy atom. The number of halogens is 1. The fraction of sp³-hybridized carbons (Fsp3) is 0.143. The van der Waals surface area contributed by atoms with E-state index in [4.69, 9.17) is 9.47 Å². The largest absolute Gasteiger partial charge is 0.493 e. The van der Waals surface area contributed by atoms with Gasteiger partial charge in [0.2, 0.25) is 0 Å². The van der Waals surface area contributed by atoms with Crippen molar-refractivity contribution in [2.75, 3.05) is 19.5 Å². The van der Waals surface area contributed by atoms with Crippen LogP contribution in [-0.2, 0) is 0 Å². The molecule has 0 aliphatic carbocycles. The van der Waals surface area contributed by atoms with Crippen LogP contribution < -0.4 is 14.8 Å². The summed E-state index contributed by atoms with van der Waals surface area (Å²) in [6.07, 6.45) is 5.55. The third-order valence-electron chi connectivity index (χ3n) is 2.99. The Kier molecular flexibility index (Phi) is 3.82. The van der Waals surface area contributed by atoms with E-state index < -0.39 is 0 Å². The van der Waals surface area contributed by atoms with E-state index in [1.54, 1.807) is 20.4 Å². The van der Waals surface area contributed by atoms with Crippen LogP contribution in [0.5, 0.6) is 11.5 Å². The lowest BCUT2D eigenvalue weighted by Crippen LogP contribution is -2.00. The number of imidazole rings is 1. The predicted octanol–water partition coefficient (Wildman–Crippen LogP) is 3.09. The highest BCUT2D eigenvalue weighted by Gasteiger charge is 2.09. The van der Waals surface area contributed by atoms with Crippen molar-refractivity contribution in [3.8, 4) is 11.5 Å². The van der Waals surface area contributed by atoms with Gasteiger partial charge in [-0.15, -0.1) is 0 Å². The van der Waals surface area contributed by atoms with Gasteiger partial charge in [0.25, 0.3) is 0 Å². The molecule has 2 heterocycles. The molecule has 0 fully saturated rings. The monoisotopic (exact) mass is 396 g/mol. The fourth-order valence-electron chi connectivity index (χ4n) is 2.04. The summed E-state index contributed by atoms with van der Waals surface area (Å²) in [7, 11) is 3.22. The Hall–Kier alpha value is -2.03. The summed E-state index contributed by atoms with van der Waals surface area (Å²) < 4.78 is 13.3. The molecule has 0 aliphatic rings. The first-order chi connectivity index (χ1) is 10.2.